The molecule has 1 saturated heterocycles. The van der Waals surface area contributed by atoms with Gasteiger partial charge in [-0.15, -0.1) is 0 Å². The van der Waals surface area contributed by atoms with E-state index in [1.807, 2.05) is 29.3 Å². The standard InChI is InChI=1S/C18H19ClN4O2.ClH/c19-18-7-2-1-5-16(18)14-21-8-10-22(11-9-21)20-13-15-4-3-6-17(12-15)23(24)25;/h1-7,12-13H,8-11,14H2;1H/p-1. The lowest BCUT2D eigenvalue weighted by molar-refractivity contribution is -0.384. The topological polar surface area (TPSA) is 62.0 Å². The van der Waals surface area contributed by atoms with Gasteiger partial charge in [-0.2, -0.15) is 5.10 Å². The molecular formula is C18H19Cl2N4O2-. The van der Waals surface area contributed by atoms with Crippen LogP contribution in [0.3, 0.4) is 0 Å². The van der Waals surface area contributed by atoms with E-state index in [2.05, 4.69) is 16.1 Å². The molecule has 138 valence electrons. The van der Waals surface area contributed by atoms with Gasteiger partial charge < -0.3 is 12.4 Å². The molecular weight excluding hydrogens is 375 g/mol. The maximum absolute atomic E-state index is 10.8. The summed E-state index contributed by atoms with van der Waals surface area (Å²) in [6, 6.07) is 14.4. The number of nitro groups is 1. The van der Waals surface area contributed by atoms with Gasteiger partial charge in [-0.25, -0.2) is 0 Å². The molecule has 3 rings (SSSR count). The second kappa shape index (κ2) is 9.52. The van der Waals surface area contributed by atoms with E-state index in [4.69, 9.17) is 11.6 Å². The Balaban J connectivity index is 0.00000243. The fourth-order valence-electron chi connectivity index (χ4n) is 2.75. The highest BCUT2D eigenvalue weighted by atomic mass is 35.5. The fourth-order valence-corrected chi connectivity index (χ4v) is 2.94. The van der Waals surface area contributed by atoms with E-state index >= 15 is 0 Å². The summed E-state index contributed by atoms with van der Waals surface area (Å²) in [6.45, 7) is 4.27. The van der Waals surface area contributed by atoms with E-state index in [9.17, 15) is 10.1 Å². The Morgan fingerprint density at radius 2 is 1.85 bits per heavy atom. The predicted octanol–water partition coefficient (Wildman–Crippen LogP) is 0.404. The van der Waals surface area contributed by atoms with Crippen molar-refractivity contribution >= 4 is 23.5 Å². The van der Waals surface area contributed by atoms with Crippen molar-refractivity contribution in [2.75, 3.05) is 26.2 Å². The summed E-state index contributed by atoms with van der Waals surface area (Å²) in [6.07, 6.45) is 1.68. The predicted molar refractivity (Wildman–Crippen MR) is 99.0 cm³/mol. The van der Waals surface area contributed by atoms with Crippen LogP contribution in [0.4, 0.5) is 5.69 Å². The largest absolute Gasteiger partial charge is 1.00 e. The third kappa shape index (κ3) is 5.42. The molecule has 26 heavy (non-hydrogen) atoms. The summed E-state index contributed by atoms with van der Waals surface area (Å²) in [5.41, 5.74) is 1.94. The summed E-state index contributed by atoms with van der Waals surface area (Å²) in [5, 5.41) is 18.0. The van der Waals surface area contributed by atoms with Crippen LogP contribution >= 0.6 is 11.6 Å². The van der Waals surface area contributed by atoms with E-state index in [1.165, 1.54) is 12.1 Å². The summed E-state index contributed by atoms with van der Waals surface area (Å²) in [5.74, 6) is 0. The van der Waals surface area contributed by atoms with Crippen molar-refractivity contribution in [1.82, 2.24) is 9.91 Å². The second-order valence-electron chi connectivity index (χ2n) is 5.92. The number of benzene rings is 2. The normalized spacial score (nSPS) is 15.0. The van der Waals surface area contributed by atoms with Gasteiger partial charge in [-0.3, -0.25) is 20.0 Å². The maximum atomic E-state index is 10.8. The van der Waals surface area contributed by atoms with E-state index < -0.39 is 4.92 Å². The van der Waals surface area contributed by atoms with Crippen molar-refractivity contribution in [1.29, 1.82) is 0 Å². The van der Waals surface area contributed by atoms with Gasteiger partial charge in [-0.05, 0) is 11.6 Å². The molecule has 8 heteroatoms. The molecule has 0 radical (unpaired) electrons. The van der Waals surface area contributed by atoms with Crippen LogP contribution in [0.1, 0.15) is 11.1 Å². The van der Waals surface area contributed by atoms with E-state index in [0.717, 1.165) is 48.9 Å². The van der Waals surface area contributed by atoms with Crippen molar-refractivity contribution in [2.24, 2.45) is 5.10 Å². The van der Waals surface area contributed by atoms with Crippen molar-refractivity contribution < 1.29 is 17.3 Å². The molecule has 0 saturated carbocycles. The summed E-state index contributed by atoms with van der Waals surface area (Å²) < 4.78 is 0. The average molecular weight is 394 g/mol. The van der Waals surface area contributed by atoms with Gasteiger partial charge in [-0.1, -0.05) is 41.9 Å². The number of nitrogens with zero attached hydrogens (tertiary/aromatic N) is 4. The number of hydrogen-bond donors (Lipinski definition) is 0. The van der Waals surface area contributed by atoms with Crippen LogP contribution in [-0.4, -0.2) is 47.2 Å². The molecule has 0 aliphatic carbocycles. The molecule has 6 nitrogen and oxygen atoms in total. The van der Waals surface area contributed by atoms with Gasteiger partial charge in [0.05, 0.1) is 11.1 Å². The van der Waals surface area contributed by atoms with Crippen LogP contribution in [0.2, 0.25) is 5.02 Å². The Morgan fingerprint density at radius 3 is 2.54 bits per heavy atom. The summed E-state index contributed by atoms with van der Waals surface area (Å²) in [4.78, 5) is 12.8. The SMILES string of the molecule is O=[N+]([O-])c1cccc(C=NN2CCN(Cc3ccccc3Cl)CC2)c1.[Cl-]. The lowest BCUT2D eigenvalue weighted by Crippen LogP contribution is -3.00. The molecule has 0 spiro atoms. The van der Waals surface area contributed by atoms with Crippen LogP contribution in [0.25, 0.3) is 0 Å². The Kier molecular flexibility index (Phi) is 7.38. The molecule has 0 N–H and O–H groups in total. The number of hydrogen-bond acceptors (Lipinski definition) is 5. The number of piperazine rings is 1. The lowest BCUT2D eigenvalue weighted by Gasteiger charge is -2.33. The second-order valence-corrected chi connectivity index (χ2v) is 6.33. The van der Waals surface area contributed by atoms with Crippen molar-refractivity contribution in [3.05, 3.63) is 74.8 Å². The van der Waals surface area contributed by atoms with Crippen LogP contribution in [-0.2, 0) is 6.54 Å². The molecule has 0 bridgehead atoms. The molecule has 1 aliphatic heterocycles. The highest BCUT2D eigenvalue weighted by Crippen LogP contribution is 2.18. The van der Waals surface area contributed by atoms with Crippen LogP contribution in [0, 0.1) is 10.1 Å². The summed E-state index contributed by atoms with van der Waals surface area (Å²) in [7, 11) is 0. The fraction of sp³-hybridized carbons (Fsp3) is 0.278. The molecule has 2 aromatic rings. The van der Waals surface area contributed by atoms with Crippen molar-refractivity contribution in [2.45, 2.75) is 6.54 Å². The third-order valence-corrected chi connectivity index (χ3v) is 4.52. The monoisotopic (exact) mass is 393 g/mol. The zero-order valence-electron chi connectivity index (χ0n) is 14.1. The molecule has 0 unspecified atom stereocenters. The van der Waals surface area contributed by atoms with Crippen LogP contribution in [0.15, 0.2) is 53.6 Å². The maximum Gasteiger partial charge on any atom is 0.270 e. The number of hydrazone groups is 1. The van der Waals surface area contributed by atoms with Crippen molar-refractivity contribution in [3.8, 4) is 0 Å². The smallest absolute Gasteiger partial charge is 0.270 e. The van der Waals surface area contributed by atoms with Gasteiger partial charge in [0, 0.05) is 55.4 Å². The third-order valence-electron chi connectivity index (χ3n) is 4.15. The molecule has 1 heterocycles. The minimum Gasteiger partial charge on any atom is -1.00 e. The average Bonchev–Trinajstić information content (AvgIpc) is 2.63. The Labute approximate surface area is 163 Å². The molecule has 0 aromatic heterocycles. The van der Waals surface area contributed by atoms with E-state index in [1.54, 1.807) is 12.3 Å². The van der Waals surface area contributed by atoms with Gasteiger partial charge in [0.25, 0.3) is 5.69 Å². The highest BCUT2D eigenvalue weighted by molar-refractivity contribution is 6.31. The highest BCUT2D eigenvalue weighted by Gasteiger charge is 2.16. The number of nitro benzene ring substituents is 1. The van der Waals surface area contributed by atoms with E-state index in [-0.39, 0.29) is 18.1 Å². The number of rotatable bonds is 5. The van der Waals surface area contributed by atoms with Gasteiger partial charge in [0.2, 0.25) is 0 Å². The van der Waals surface area contributed by atoms with Gasteiger partial charge >= 0.3 is 0 Å². The molecule has 1 aliphatic rings. The quantitative estimate of drug-likeness (QED) is 0.419. The number of halogens is 2. The first-order chi connectivity index (χ1) is 12.1. The van der Waals surface area contributed by atoms with Crippen LogP contribution < -0.4 is 12.4 Å². The Bertz CT molecular complexity index is 777. The van der Waals surface area contributed by atoms with Crippen molar-refractivity contribution in [3.63, 3.8) is 0 Å². The Morgan fingerprint density at radius 1 is 1.12 bits per heavy atom. The zero-order valence-corrected chi connectivity index (χ0v) is 15.6. The molecule has 2 aromatic carbocycles. The summed E-state index contributed by atoms with van der Waals surface area (Å²) >= 11 is 6.22. The number of non-ortho nitro benzene ring substituents is 1. The van der Waals surface area contributed by atoms with Gasteiger partial charge in [0.15, 0.2) is 0 Å². The molecule has 0 amide bonds. The molecule has 0 atom stereocenters. The minimum absolute atomic E-state index is 0. The van der Waals surface area contributed by atoms with Gasteiger partial charge in [0.1, 0.15) is 0 Å². The minimum atomic E-state index is -0.398. The first-order valence-corrected chi connectivity index (χ1v) is 8.49. The first kappa shape index (κ1) is 20.2. The molecule has 1 fully saturated rings. The Hall–Kier alpha value is -2.15. The van der Waals surface area contributed by atoms with Crippen LogP contribution in [0.5, 0.6) is 0 Å². The van der Waals surface area contributed by atoms with E-state index in [0.29, 0.717) is 0 Å². The zero-order chi connectivity index (χ0) is 17.6. The lowest BCUT2D eigenvalue weighted by atomic mass is 10.2. The first-order valence-electron chi connectivity index (χ1n) is 8.11.